The maximum atomic E-state index is 12.9. The first-order chi connectivity index (χ1) is 10.7. The molecule has 6 heteroatoms. The smallest absolute Gasteiger partial charge is 0.253 e. The lowest BCUT2D eigenvalue weighted by molar-refractivity contribution is 0.0587. The third-order valence-electron chi connectivity index (χ3n) is 3.66. The summed E-state index contributed by atoms with van der Waals surface area (Å²) in [7, 11) is 0. The average Bonchev–Trinajstić information content (AvgIpc) is 2.57. The third kappa shape index (κ3) is 3.39. The number of carbonyl (C=O) groups excluding carboxylic acids is 1. The maximum absolute atomic E-state index is 12.9. The van der Waals surface area contributed by atoms with Gasteiger partial charge in [-0.2, -0.15) is 0 Å². The number of ether oxygens (including phenoxy) is 1. The number of amides is 1. The summed E-state index contributed by atoms with van der Waals surface area (Å²) in [5.74, 6) is 0.146. The molecule has 3 rings (SSSR count). The van der Waals surface area contributed by atoms with Crippen molar-refractivity contribution in [1.29, 1.82) is 0 Å². The van der Waals surface area contributed by atoms with Crippen molar-refractivity contribution in [3.8, 4) is 5.88 Å². The molecule has 0 atom stereocenters. The summed E-state index contributed by atoms with van der Waals surface area (Å²) in [4.78, 5) is 22.0. The Morgan fingerprint density at radius 1 is 1.18 bits per heavy atom. The largest absolute Gasteiger partial charge is 0.474 e. The van der Waals surface area contributed by atoms with E-state index in [0.717, 1.165) is 12.8 Å². The van der Waals surface area contributed by atoms with Crippen LogP contribution in [0.5, 0.6) is 5.88 Å². The Labute approximate surface area is 127 Å². The van der Waals surface area contributed by atoms with E-state index < -0.39 is 0 Å². The fourth-order valence-electron chi connectivity index (χ4n) is 2.47. The highest BCUT2D eigenvalue weighted by Crippen LogP contribution is 2.18. The van der Waals surface area contributed by atoms with E-state index in [0.29, 0.717) is 24.5 Å². The third-order valence-corrected chi connectivity index (χ3v) is 3.66. The molecule has 1 fully saturated rings. The molecule has 1 amide bonds. The van der Waals surface area contributed by atoms with E-state index in [9.17, 15) is 9.18 Å². The van der Waals surface area contributed by atoms with Gasteiger partial charge in [0.1, 0.15) is 18.2 Å². The number of carbonyl (C=O) groups is 1. The molecule has 1 aromatic heterocycles. The summed E-state index contributed by atoms with van der Waals surface area (Å²) < 4.78 is 18.7. The number of piperidine rings is 1. The van der Waals surface area contributed by atoms with Gasteiger partial charge in [0.05, 0.1) is 0 Å². The van der Waals surface area contributed by atoms with Crippen molar-refractivity contribution >= 4 is 5.91 Å². The zero-order valence-electron chi connectivity index (χ0n) is 12.0. The Balaban J connectivity index is 1.55. The van der Waals surface area contributed by atoms with Crippen LogP contribution < -0.4 is 4.74 Å². The minimum atomic E-state index is -0.339. The first-order valence-electron chi connectivity index (χ1n) is 7.20. The molecular weight excluding hydrogens is 285 g/mol. The highest BCUT2D eigenvalue weighted by atomic mass is 19.1. The Morgan fingerprint density at radius 3 is 2.55 bits per heavy atom. The Morgan fingerprint density at radius 2 is 1.91 bits per heavy atom. The van der Waals surface area contributed by atoms with Gasteiger partial charge >= 0.3 is 0 Å². The average molecular weight is 301 g/mol. The Kier molecular flexibility index (Phi) is 4.27. The number of nitrogens with zero attached hydrogens (tertiary/aromatic N) is 3. The second-order valence-electron chi connectivity index (χ2n) is 5.16. The number of likely N-dealkylation sites (tertiary alicyclic amines) is 1. The molecule has 0 N–H and O–H groups in total. The normalized spacial score (nSPS) is 15.6. The molecule has 0 unspecified atom stereocenters. The van der Waals surface area contributed by atoms with Gasteiger partial charge in [0, 0.05) is 43.8 Å². The molecule has 114 valence electrons. The number of benzene rings is 1. The lowest BCUT2D eigenvalue weighted by atomic mass is 10.1. The summed E-state index contributed by atoms with van der Waals surface area (Å²) >= 11 is 0. The summed E-state index contributed by atoms with van der Waals surface area (Å²) in [5.41, 5.74) is 0.511. The summed E-state index contributed by atoms with van der Waals surface area (Å²) in [6.45, 7) is 1.23. The second-order valence-corrected chi connectivity index (χ2v) is 5.16. The van der Waals surface area contributed by atoms with E-state index in [4.69, 9.17) is 4.74 Å². The van der Waals surface area contributed by atoms with E-state index >= 15 is 0 Å². The van der Waals surface area contributed by atoms with E-state index in [1.165, 1.54) is 30.6 Å². The van der Waals surface area contributed by atoms with Crippen LogP contribution in [0.25, 0.3) is 0 Å². The molecule has 1 aliphatic heterocycles. The van der Waals surface area contributed by atoms with Gasteiger partial charge in [0.2, 0.25) is 5.88 Å². The molecule has 0 spiro atoms. The quantitative estimate of drug-likeness (QED) is 0.873. The van der Waals surface area contributed by atoms with Crippen LogP contribution in [0.2, 0.25) is 0 Å². The zero-order valence-corrected chi connectivity index (χ0v) is 12.0. The maximum Gasteiger partial charge on any atom is 0.253 e. The van der Waals surface area contributed by atoms with Crippen LogP contribution >= 0.6 is 0 Å². The molecule has 5 nitrogen and oxygen atoms in total. The molecule has 1 aromatic carbocycles. The Hall–Kier alpha value is -2.50. The van der Waals surface area contributed by atoms with Gasteiger partial charge in [-0.05, 0) is 24.3 Å². The van der Waals surface area contributed by atoms with Crippen molar-refractivity contribution in [3.05, 3.63) is 54.2 Å². The van der Waals surface area contributed by atoms with E-state index in [2.05, 4.69) is 9.97 Å². The number of rotatable bonds is 3. The number of hydrogen-bond donors (Lipinski definition) is 0. The molecule has 2 aromatic rings. The van der Waals surface area contributed by atoms with Gasteiger partial charge < -0.3 is 9.64 Å². The molecule has 22 heavy (non-hydrogen) atoms. The molecular formula is C16H16FN3O2. The minimum absolute atomic E-state index is 0.0483. The van der Waals surface area contributed by atoms with Gasteiger partial charge in [-0.3, -0.25) is 4.79 Å². The fraction of sp³-hybridized carbons (Fsp3) is 0.312. The lowest BCUT2D eigenvalue weighted by Crippen LogP contribution is -2.41. The molecule has 1 saturated heterocycles. The minimum Gasteiger partial charge on any atom is -0.474 e. The number of hydrogen-bond acceptors (Lipinski definition) is 4. The van der Waals surface area contributed by atoms with Crippen LogP contribution in [0.4, 0.5) is 4.39 Å². The van der Waals surface area contributed by atoms with Crippen LogP contribution in [0.3, 0.4) is 0 Å². The summed E-state index contributed by atoms with van der Waals surface area (Å²) in [6.07, 6.45) is 4.62. The van der Waals surface area contributed by atoms with Crippen LogP contribution in [0.15, 0.2) is 42.9 Å². The number of aromatic nitrogens is 2. The topological polar surface area (TPSA) is 55.3 Å². The predicted molar refractivity (Wildman–Crippen MR) is 78.0 cm³/mol. The molecule has 0 saturated carbocycles. The Bertz CT molecular complexity index is 626. The summed E-state index contributed by atoms with van der Waals surface area (Å²) in [5, 5.41) is 0. The van der Waals surface area contributed by atoms with Gasteiger partial charge in [0.15, 0.2) is 0 Å². The standard InChI is InChI=1S/C16H16FN3O2/c17-13-3-1-12(2-4-13)16(21)20-9-6-14(7-10-20)22-15-5-8-18-11-19-15/h1-5,8,11,14H,6-7,9-10H2. The van der Waals surface area contributed by atoms with Crippen molar-refractivity contribution in [2.24, 2.45) is 0 Å². The SMILES string of the molecule is O=C(c1ccc(F)cc1)N1CCC(Oc2ccncn2)CC1. The van der Waals surface area contributed by atoms with Crippen LogP contribution in [0, 0.1) is 5.82 Å². The predicted octanol–water partition coefficient (Wildman–Crippen LogP) is 2.30. The van der Waals surface area contributed by atoms with Crippen LogP contribution in [0.1, 0.15) is 23.2 Å². The van der Waals surface area contributed by atoms with E-state index in [1.807, 2.05) is 0 Å². The highest BCUT2D eigenvalue weighted by molar-refractivity contribution is 5.94. The lowest BCUT2D eigenvalue weighted by Gasteiger charge is -2.32. The first-order valence-corrected chi connectivity index (χ1v) is 7.20. The highest BCUT2D eigenvalue weighted by Gasteiger charge is 2.24. The van der Waals surface area contributed by atoms with Gasteiger partial charge in [0.25, 0.3) is 5.91 Å². The van der Waals surface area contributed by atoms with Crippen molar-refractivity contribution in [2.45, 2.75) is 18.9 Å². The van der Waals surface area contributed by atoms with Crippen LogP contribution in [-0.4, -0.2) is 40.0 Å². The second kappa shape index (κ2) is 6.51. The molecule has 2 heterocycles. The van der Waals surface area contributed by atoms with Crippen molar-refractivity contribution in [1.82, 2.24) is 14.9 Å². The van der Waals surface area contributed by atoms with Gasteiger partial charge in [-0.15, -0.1) is 0 Å². The first kappa shape index (κ1) is 14.4. The van der Waals surface area contributed by atoms with Crippen molar-refractivity contribution in [3.63, 3.8) is 0 Å². The van der Waals surface area contributed by atoms with Crippen LogP contribution in [-0.2, 0) is 0 Å². The van der Waals surface area contributed by atoms with Crippen molar-refractivity contribution in [2.75, 3.05) is 13.1 Å². The van der Waals surface area contributed by atoms with E-state index in [-0.39, 0.29) is 17.8 Å². The molecule has 0 radical (unpaired) electrons. The molecule has 0 bridgehead atoms. The molecule has 0 aliphatic carbocycles. The monoisotopic (exact) mass is 301 g/mol. The molecule has 1 aliphatic rings. The zero-order chi connectivity index (χ0) is 15.4. The number of halogens is 1. The van der Waals surface area contributed by atoms with Gasteiger partial charge in [-0.25, -0.2) is 14.4 Å². The fourth-order valence-corrected chi connectivity index (χ4v) is 2.47. The van der Waals surface area contributed by atoms with Crippen molar-refractivity contribution < 1.29 is 13.9 Å². The van der Waals surface area contributed by atoms with E-state index in [1.54, 1.807) is 17.2 Å². The van der Waals surface area contributed by atoms with Gasteiger partial charge in [-0.1, -0.05) is 0 Å². The summed E-state index contributed by atoms with van der Waals surface area (Å²) in [6, 6.07) is 7.36.